The highest BCUT2D eigenvalue weighted by Crippen LogP contribution is 2.27. The number of hydrogen-bond acceptors (Lipinski definition) is 9. The Morgan fingerprint density at radius 1 is 0.933 bits per heavy atom. The fourth-order valence-electron chi connectivity index (χ4n) is 4.49. The molecule has 5 rings (SSSR count). The van der Waals surface area contributed by atoms with Gasteiger partial charge in [0.1, 0.15) is 23.2 Å². The lowest BCUT2D eigenvalue weighted by Gasteiger charge is -2.21. The van der Waals surface area contributed by atoms with Crippen molar-refractivity contribution in [1.29, 1.82) is 5.41 Å². The number of nitrogens with zero attached hydrogens (tertiary/aromatic N) is 3. The van der Waals surface area contributed by atoms with E-state index in [2.05, 4.69) is 20.6 Å². The predicted octanol–water partition coefficient (Wildman–Crippen LogP) is 5.20. The van der Waals surface area contributed by atoms with E-state index in [1.807, 2.05) is 25.1 Å². The summed E-state index contributed by atoms with van der Waals surface area (Å²) in [4.78, 5) is 50.8. The number of H-pyrrole nitrogens is 1. The van der Waals surface area contributed by atoms with Gasteiger partial charge in [-0.25, -0.2) is 14.8 Å². The zero-order valence-corrected chi connectivity index (χ0v) is 24.7. The SMILES string of the molecule is COC(=O)CCN(C(=O)Oc1ccc2[nH]c(CNc3ccc(C(=N)NC(=O)c4ccccc4)cc3)nc2c1C)c1ccccn1. The molecule has 0 bridgehead atoms. The number of benzene rings is 3. The molecule has 0 atom stereocenters. The molecule has 0 aliphatic rings. The molecular weight excluding hydrogens is 574 g/mol. The summed E-state index contributed by atoms with van der Waals surface area (Å²) >= 11 is 0. The van der Waals surface area contributed by atoms with Gasteiger partial charge in [-0.1, -0.05) is 24.3 Å². The topological polar surface area (TPSA) is 162 Å². The molecule has 0 spiro atoms. The number of aryl methyl sites for hydroxylation is 1. The van der Waals surface area contributed by atoms with E-state index in [0.29, 0.717) is 46.1 Å². The highest BCUT2D eigenvalue weighted by molar-refractivity contribution is 6.11. The number of aromatic nitrogens is 3. The second-order valence-corrected chi connectivity index (χ2v) is 9.93. The molecule has 0 saturated carbocycles. The van der Waals surface area contributed by atoms with E-state index >= 15 is 0 Å². The maximum atomic E-state index is 13.2. The number of aromatic amines is 1. The van der Waals surface area contributed by atoms with Gasteiger partial charge in [-0.05, 0) is 67.6 Å². The van der Waals surface area contributed by atoms with Crippen LogP contribution in [0.25, 0.3) is 11.0 Å². The Balaban J connectivity index is 1.22. The van der Waals surface area contributed by atoms with E-state index in [0.717, 1.165) is 11.2 Å². The molecule has 45 heavy (non-hydrogen) atoms. The zero-order valence-electron chi connectivity index (χ0n) is 24.7. The third kappa shape index (κ3) is 7.49. The molecule has 2 amide bonds. The third-order valence-corrected chi connectivity index (χ3v) is 6.93. The van der Waals surface area contributed by atoms with E-state index in [-0.39, 0.29) is 24.7 Å². The molecular formula is C33H31N7O5. The number of nitrogens with one attached hydrogen (secondary N) is 4. The molecule has 0 saturated heterocycles. The summed E-state index contributed by atoms with van der Waals surface area (Å²) in [7, 11) is 1.29. The van der Waals surface area contributed by atoms with Crippen molar-refractivity contribution in [2.45, 2.75) is 19.9 Å². The van der Waals surface area contributed by atoms with Crippen molar-refractivity contribution >= 4 is 46.3 Å². The number of methoxy groups -OCH3 is 1. The summed E-state index contributed by atoms with van der Waals surface area (Å²) in [5.41, 5.74) is 3.93. The zero-order chi connectivity index (χ0) is 31.8. The second kappa shape index (κ2) is 14.0. The van der Waals surface area contributed by atoms with Crippen molar-refractivity contribution in [2.75, 3.05) is 23.9 Å². The van der Waals surface area contributed by atoms with Gasteiger partial charge in [0.25, 0.3) is 5.91 Å². The summed E-state index contributed by atoms with van der Waals surface area (Å²) in [5.74, 6) is 0.546. The lowest BCUT2D eigenvalue weighted by molar-refractivity contribution is -0.140. The molecule has 3 aromatic carbocycles. The number of pyridine rings is 1. The van der Waals surface area contributed by atoms with Gasteiger partial charge in [0.05, 0.1) is 31.1 Å². The number of ether oxygens (including phenoxy) is 2. The van der Waals surface area contributed by atoms with Gasteiger partial charge >= 0.3 is 12.1 Å². The van der Waals surface area contributed by atoms with Crippen LogP contribution in [0.5, 0.6) is 5.75 Å². The first-order valence-corrected chi connectivity index (χ1v) is 14.1. The molecule has 5 aromatic rings. The summed E-state index contributed by atoms with van der Waals surface area (Å²) in [6.07, 6.45) is 0.844. The van der Waals surface area contributed by atoms with Gasteiger partial charge in [-0.15, -0.1) is 0 Å². The van der Waals surface area contributed by atoms with E-state index in [1.165, 1.54) is 12.0 Å². The number of fused-ring (bicyclic) bond motifs is 1. The Kier molecular flexibility index (Phi) is 9.43. The summed E-state index contributed by atoms with van der Waals surface area (Å²) in [6, 6.07) is 24.5. The number of imidazole rings is 1. The van der Waals surface area contributed by atoms with Crippen LogP contribution < -0.4 is 20.3 Å². The van der Waals surface area contributed by atoms with Crippen molar-refractivity contribution in [3.63, 3.8) is 0 Å². The lowest BCUT2D eigenvalue weighted by Crippen LogP contribution is -2.36. The van der Waals surface area contributed by atoms with Crippen molar-refractivity contribution in [2.24, 2.45) is 0 Å². The van der Waals surface area contributed by atoms with Crippen LogP contribution in [0.2, 0.25) is 0 Å². The molecule has 0 unspecified atom stereocenters. The molecule has 0 aliphatic carbocycles. The van der Waals surface area contributed by atoms with Crippen LogP contribution in [-0.4, -0.2) is 52.4 Å². The highest BCUT2D eigenvalue weighted by atomic mass is 16.6. The highest BCUT2D eigenvalue weighted by Gasteiger charge is 2.22. The Labute approximate surface area is 258 Å². The fraction of sp³-hybridized carbons (Fsp3) is 0.152. The van der Waals surface area contributed by atoms with E-state index in [1.54, 1.807) is 72.9 Å². The molecule has 0 aliphatic heterocycles. The maximum absolute atomic E-state index is 13.2. The minimum atomic E-state index is -0.686. The number of esters is 1. The van der Waals surface area contributed by atoms with Crippen molar-refractivity contribution in [3.8, 4) is 5.75 Å². The molecule has 12 nitrogen and oxygen atoms in total. The second-order valence-electron chi connectivity index (χ2n) is 9.93. The third-order valence-electron chi connectivity index (χ3n) is 6.93. The molecule has 0 radical (unpaired) electrons. The van der Waals surface area contributed by atoms with Gasteiger partial charge in [0.2, 0.25) is 0 Å². The monoisotopic (exact) mass is 605 g/mol. The molecule has 2 heterocycles. The minimum absolute atomic E-state index is 0.00582. The number of carbonyl (C=O) groups is 3. The van der Waals surface area contributed by atoms with Crippen LogP contribution in [0, 0.1) is 12.3 Å². The van der Waals surface area contributed by atoms with Crippen LogP contribution >= 0.6 is 0 Å². The molecule has 12 heteroatoms. The summed E-state index contributed by atoms with van der Waals surface area (Å²) in [6.45, 7) is 2.23. The Morgan fingerprint density at radius 2 is 1.69 bits per heavy atom. The first-order chi connectivity index (χ1) is 21.8. The Bertz CT molecular complexity index is 1820. The Hall–Kier alpha value is -6.04. The number of amides is 2. The van der Waals surface area contributed by atoms with Crippen LogP contribution in [0.3, 0.4) is 0 Å². The van der Waals surface area contributed by atoms with Gasteiger partial charge in [0, 0.05) is 35.1 Å². The number of rotatable bonds is 10. The van der Waals surface area contributed by atoms with Crippen LogP contribution in [0.15, 0.2) is 91.1 Å². The van der Waals surface area contributed by atoms with Crippen LogP contribution in [0.4, 0.5) is 16.3 Å². The molecule has 4 N–H and O–H groups in total. The smallest absolute Gasteiger partial charge is 0.420 e. The first kappa shape index (κ1) is 30.4. The lowest BCUT2D eigenvalue weighted by atomic mass is 10.1. The summed E-state index contributed by atoms with van der Waals surface area (Å²) in [5, 5.41) is 14.1. The largest absolute Gasteiger partial charge is 0.469 e. The average Bonchev–Trinajstić information content (AvgIpc) is 3.50. The van der Waals surface area contributed by atoms with Crippen LogP contribution in [-0.2, 0) is 16.1 Å². The Morgan fingerprint density at radius 3 is 2.40 bits per heavy atom. The fourth-order valence-corrected chi connectivity index (χ4v) is 4.49. The molecule has 2 aromatic heterocycles. The number of amidine groups is 1. The van der Waals surface area contributed by atoms with Crippen LogP contribution in [0.1, 0.15) is 33.7 Å². The van der Waals surface area contributed by atoms with Gasteiger partial charge in [-0.2, -0.15) is 0 Å². The van der Waals surface area contributed by atoms with Gasteiger partial charge in [-0.3, -0.25) is 19.9 Å². The number of anilines is 2. The molecule has 0 fully saturated rings. The number of hydrogen-bond donors (Lipinski definition) is 4. The van der Waals surface area contributed by atoms with Crippen molar-refractivity contribution in [1.82, 2.24) is 20.3 Å². The van der Waals surface area contributed by atoms with Gasteiger partial charge in [0.15, 0.2) is 0 Å². The minimum Gasteiger partial charge on any atom is -0.469 e. The standard InChI is InChI=1S/C33H31N7O5/c1-21-26(45-33(43)40(19-17-29(41)44-2)28-10-6-7-18-35-28)16-15-25-30(21)38-27(37-25)20-36-24-13-11-22(12-14-24)31(34)39-32(42)23-8-4-3-5-9-23/h3-16,18,36H,17,19-20H2,1-2H3,(H,37,38)(H2,34,39,42). The van der Waals surface area contributed by atoms with E-state index in [4.69, 9.17) is 19.9 Å². The maximum Gasteiger partial charge on any atom is 0.420 e. The van der Waals surface area contributed by atoms with Crippen molar-refractivity contribution < 1.29 is 23.9 Å². The van der Waals surface area contributed by atoms with E-state index in [9.17, 15) is 14.4 Å². The normalized spacial score (nSPS) is 10.6. The molecule has 228 valence electrons. The number of carbonyl (C=O) groups excluding carboxylic acids is 3. The van der Waals surface area contributed by atoms with Crippen molar-refractivity contribution in [3.05, 3.63) is 114 Å². The predicted molar refractivity (Wildman–Crippen MR) is 170 cm³/mol. The average molecular weight is 606 g/mol. The van der Waals surface area contributed by atoms with E-state index < -0.39 is 12.1 Å². The quantitative estimate of drug-likeness (QED) is 0.0959. The summed E-state index contributed by atoms with van der Waals surface area (Å²) < 4.78 is 10.5. The van der Waals surface area contributed by atoms with Gasteiger partial charge < -0.3 is 25.1 Å². The first-order valence-electron chi connectivity index (χ1n) is 14.1.